The minimum absolute atomic E-state index is 0.157. The number of anilines is 1. The Kier molecular flexibility index (Phi) is 3.71. The lowest BCUT2D eigenvalue weighted by Gasteiger charge is -2.14. The van der Waals surface area contributed by atoms with Crippen LogP contribution in [-0.2, 0) is 6.18 Å². The van der Waals surface area contributed by atoms with Gasteiger partial charge in [0, 0.05) is 31.0 Å². The molecule has 0 aliphatic heterocycles. The molecule has 9 heteroatoms. The molecule has 2 rings (SSSR count). The van der Waals surface area contributed by atoms with Crippen molar-refractivity contribution in [2.45, 2.75) is 13.1 Å². The van der Waals surface area contributed by atoms with Crippen molar-refractivity contribution in [1.82, 2.24) is 14.3 Å². The first-order chi connectivity index (χ1) is 9.29. The molecule has 0 N–H and O–H groups in total. The molecular formula is C11H9F3N4OS. The van der Waals surface area contributed by atoms with E-state index in [1.807, 2.05) is 0 Å². The molecule has 2 aromatic heterocycles. The van der Waals surface area contributed by atoms with E-state index in [1.165, 1.54) is 7.05 Å². The van der Waals surface area contributed by atoms with Gasteiger partial charge in [0.15, 0.2) is 0 Å². The first-order valence-corrected chi connectivity index (χ1v) is 6.17. The Balaban J connectivity index is 2.29. The predicted octanol–water partition coefficient (Wildman–Crippen LogP) is 2.54. The topological polar surface area (TPSA) is 59.0 Å². The van der Waals surface area contributed by atoms with Gasteiger partial charge in [-0.05, 0) is 13.0 Å². The molecule has 1 amide bonds. The molecule has 106 valence electrons. The van der Waals surface area contributed by atoms with Crippen LogP contribution in [0.15, 0.2) is 18.5 Å². The normalized spacial score (nSPS) is 11.4. The molecule has 0 spiro atoms. The van der Waals surface area contributed by atoms with Gasteiger partial charge in [-0.2, -0.15) is 17.5 Å². The summed E-state index contributed by atoms with van der Waals surface area (Å²) < 4.78 is 41.6. The lowest BCUT2D eigenvalue weighted by Crippen LogP contribution is -2.26. The summed E-state index contributed by atoms with van der Waals surface area (Å²) in [6, 6.07) is 0.764. The van der Waals surface area contributed by atoms with Crippen LogP contribution in [0.1, 0.15) is 21.7 Å². The van der Waals surface area contributed by atoms with E-state index in [2.05, 4.69) is 14.3 Å². The number of carbonyl (C=O) groups excluding carboxylic acids is 1. The Morgan fingerprint density at radius 2 is 2.05 bits per heavy atom. The first-order valence-electron chi connectivity index (χ1n) is 5.39. The van der Waals surface area contributed by atoms with Crippen molar-refractivity contribution in [2.24, 2.45) is 0 Å². The number of aromatic nitrogens is 3. The number of alkyl halides is 3. The number of nitrogens with zero attached hydrogens (tertiary/aromatic N) is 4. The second-order valence-corrected chi connectivity index (χ2v) is 4.68. The van der Waals surface area contributed by atoms with Gasteiger partial charge in [-0.15, -0.1) is 0 Å². The Labute approximate surface area is 116 Å². The number of amides is 1. The van der Waals surface area contributed by atoms with Crippen molar-refractivity contribution in [3.8, 4) is 0 Å². The van der Waals surface area contributed by atoms with Crippen LogP contribution < -0.4 is 4.90 Å². The lowest BCUT2D eigenvalue weighted by atomic mass is 10.2. The number of rotatable bonds is 2. The van der Waals surface area contributed by atoms with E-state index in [-0.39, 0.29) is 5.56 Å². The van der Waals surface area contributed by atoms with Gasteiger partial charge >= 0.3 is 6.18 Å². The Hall–Kier alpha value is -2.03. The Morgan fingerprint density at radius 3 is 2.60 bits per heavy atom. The third-order valence-electron chi connectivity index (χ3n) is 2.42. The van der Waals surface area contributed by atoms with Crippen LogP contribution in [-0.4, -0.2) is 27.3 Å². The molecule has 0 aliphatic carbocycles. The zero-order valence-electron chi connectivity index (χ0n) is 10.5. The molecule has 0 aliphatic rings. The van der Waals surface area contributed by atoms with E-state index in [0.29, 0.717) is 17.2 Å². The van der Waals surface area contributed by atoms with Gasteiger partial charge in [-0.3, -0.25) is 14.7 Å². The fraction of sp³-hybridized carbons (Fsp3) is 0.273. The van der Waals surface area contributed by atoms with Gasteiger partial charge in [0.25, 0.3) is 5.91 Å². The molecule has 5 nitrogen and oxygen atoms in total. The van der Waals surface area contributed by atoms with E-state index in [9.17, 15) is 18.0 Å². The fourth-order valence-corrected chi connectivity index (χ4v) is 2.05. The zero-order chi connectivity index (χ0) is 14.9. The lowest BCUT2D eigenvalue weighted by molar-refractivity contribution is -0.137. The summed E-state index contributed by atoms with van der Waals surface area (Å²) in [5.41, 5.74) is -1.12. The van der Waals surface area contributed by atoms with Crippen molar-refractivity contribution < 1.29 is 18.0 Å². The maximum absolute atomic E-state index is 12.6. The molecular weight excluding hydrogens is 293 g/mol. The second-order valence-electron chi connectivity index (χ2n) is 3.95. The van der Waals surface area contributed by atoms with Gasteiger partial charge in [-0.25, -0.2) is 4.98 Å². The van der Waals surface area contributed by atoms with Crippen molar-refractivity contribution in [1.29, 1.82) is 0 Å². The van der Waals surface area contributed by atoms with Crippen molar-refractivity contribution in [2.75, 3.05) is 11.9 Å². The molecule has 0 unspecified atom stereocenters. The van der Waals surface area contributed by atoms with Crippen molar-refractivity contribution in [3.63, 3.8) is 0 Å². The highest BCUT2D eigenvalue weighted by atomic mass is 32.1. The summed E-state index contributed by atoms with van der Waals surface area (Å²) in [5.74, 6) is -0.133. The monoisotopic (exact) mass is 302 g/mol. The van der Waals surface area contributed by atoms with Gasteiger partial charge in [0.1, 0.15) is 5.82 Å². The molecule has 2 aromatic rings. The van der Waals surface area contributed by atoms with E-state index in [1.54, 1.807) is 6.92 Å². The summed E-state index contributed by atoms with van der Waals surface area (Å²) in [7, 11) is 1.42. The first kappa shape index (κ1) is 14.4. The highest BCUT2D eigenvalue weighted by Crippen LogP contribution is 2.29. The summed E-state index contributed by atoms with van der Waals surface area (Å²) in [5, 5.41) is 0.310. The van der Waals surface area contributed by atoms with Crippen LogP contribution in [0.4, 0.5) is 18.3 Å². The van der Waals surface area contributed by atoms with Crippen LogP contribution in [0.2, 0.25) is 0 Å². The van der Waals surface area contributed by atoms with Gasteiger partial charge < -0.3 is 0 Å². The van der Waals surface area contributed by atoms with Crippen LogP contribution in [0.3, 0.4) is 0 Å². The molecule has 0 saturated carbocycles. The van der Waals surface area contributed by atoms with Gasteiger partial charge in [0.05, 0.1) is 11.1 Å². The molecule has 0 atom stereocenters. The van der Waals surface area contributed by atoms with Crippen molar-refractivity contribution >= 4 is 22.6 Å². The van der Waals surface area contributed by atoms with Gasteiger partial charge in [0.2, 0.25) is 5.13 Å². The predicted molar refractivity (Wildman–Crippen MR) is 66.6 cm³/mol. The Morgan fingerprint density at radius 1 is 1.35 bits per heavy atom. The number of aryl methyl sites for hydroxylation is 1. The molecule has 0 saturated heterocycles. The minimum atomic E-state index is -4.54. The number of halogens is 3. The summed E-state index contributed by atoms with van der Waals surface area (Å²) in [4.78, 5) is 20.7. The summed E-state index contributed by atoms with van der Waals surface area (Å²) >= 11 is 0.992. The molecule has 0 bridgehead atoms. The molecule has 0 aromatic carbocycles. The van der Waals surface area contributed by atoms with Crippen LogP contribution >= 0.6 is 11.5 Å². The number of carbonyl (C=O) groups is 1. The largest absolute Gasteiger partial charge is 0.417 e. The van der Waals surface area contributed by atoms with E-state index in [0.717, 1.165) is 28.7 Å². The zero-order valence-corrected chi connectivity index (χ0v) is 11.3. The highest BCUT2D eigenvalue weighted by molar-refractivity contribution is 7.09. The van der Waals surface area contributed by atoms with Crippen LogP contribution in [0.5, 0.6) is 0 Å². The minimum Gasteiger partial charge on any atom is -0.286 e. The third kappa shape index (κ3) is 2.93. The quantitative estimate of drug-likeness (QED) is 0.855. The number of pyridine rings is 1. The molecule has 0 radical (unpaired) electrons. The average Bonchev–Trinajstić information content (AvgIpc) is 2.83. The van der Waals surface area contributed by atoms with E-state index >= 15 is 0 Å². The van der Waals surface area contributed by atoms with E-state index in [4.69, 9.17) is 0 Å². The third-order valence-corrected chi connectivity index (χ3v) is 3.30. The molecule has 20 heavy (non-hydrogen) atoms. The average molecular weight is 302 g/mol. The van der Waals surface area contributed by atoms with Crippen LogP contribution in [0.25, 0.3) is 0 Å². The standard InChI is InChI=1S/C11H9F3N4OS/c1-6-16-10(20-17-6)18(2)9(19)7-3-8(5-15-4-7)11(12,13)14/h3-5H,1-2H3. The number of hydrogen-bond donors (Lipinski definition) is 0. The second kappa shape index (κ2) is 5.16. The smallest absolute Gasteiger partial charge is 0.286 e. The highest BCUT2D eigenvalue weighted by Gasteiger charge is 2.32. The fourth-order valence-electron chi connectivity index (χ4n) is 1.41. The van der Waals surface area contributed by atoms with Crippen LogP contribution in [0, 0.1) is 6.92 Å². The van der Waals surface area contributed by atoms with Gasteiger partial charge in [-0.1, -0.05) is 0 Å². The summed E-state index contributed by atoms with van der Waals surface area (Å²) in [6.07, 6.45) is -2.78. The van der Waals surface area contributed by atoms with Crippen molar-refractivity contribution in [3.05, 3.63) is 35.4 Å². The molecule has 2 heterocycles. The molecule has 0 fully saturated rings. The number of hydrogen-bond acceptors (Lipinski definition) is 5. The summed E-state index contributed by atoms with van der Waals surface area (Å²) in [6.45, 7) is 1.66. The Bertz CT molecular complexity index is 641. The SMILES string of the molecule is Cc1nsc(N(C)C(=O)c2cncc(C(F)(F)F)c2)n1. The maximum atomic E-state index is 12.6. The maximum Gasteiger partial charge on any atom is 0.417 e. The van der Waals surface area contributed by atoms with E-state index < -0.39 is 17.6 Å².